The molecule has 0 saturated carbocycles. The van der Waals surface area contributed by atoms with Crippen LogP contribution in [0.5, 0.6) is 0 Å². The van der Waals surface area contributed by atoms with Crippen LogP contribution in [-0.4, -0.2) is 29.9 Å². The summed E-state index contributed by atoms with van der Waals surface area (Å²) in [6.45, 7) is 0.577. The summed E-state index contributed by atoms with van der Waals surface area (Å²) in [6, 6.07) is 7.04. The van der Waals surface area contributed by atoms with Crippen molar-refractivity contribution in [1.82, 2.24) is 4.90 Å². The number of carbonyl (C=O) groups is 2. The summed E-state index contributed by atoms with van der Waals surface area (Å²) in [6.07, 6.45) is 9.71. The van der Waals surface area contributed by atoms with E-state index in [-0.39, 0.29) is 18.4 Å². The standard InChI is InChI=1S/C19H26NO3/c21-15-11-7-5-3-1-2-4-6-10-14-20-18(22)16-12-8-9-13-17(16)19(20)23/h8-9,12-13H,1-7,10-11,14-15H2. The van der Waals surface area contributed by atoms with Crippen molar-refractivity contribution in [3.05, 3.63) is 35.4 Å². The first-order valence-corrected chi connectivity index (χ1v) is 8.79. The van der Waals surface area contributed by atoms with Crippen LogP contribution in [0.15, 0.2) is 24.3 Å². The molecular weight excluding hydrogens is 290 g/mol. The topological polar surface area (TPSA) is 57.3 Å². The third kappa shape index (κ3) is 4.90. The number of amides is 2. The third-order valence-electron chi connectivity index (χ3n) is 4.40. The van der Waals surface area contributed by atoms with Crippen LogP contribution in [0.25, 0.3) is 0 Å². The molecule has 125 valence electrons. The predicted molar refractivity (Wildman–Crippen MR) is 88.9 cm³/mol. The highest BCUT2D eigenvalue weighted by atomic mass is 16.3. The average Bonchev–Trinajstić information content (AvgIpc) is 2.81. The first kappa shape index (κ1) is 17.7. The Hall–Kier alpha value is -1.68. The van der Waals surface area contributed by atoms with Gasteiger partial charge < -0.3 is 0 Å². The Morgan fingerprint density at radius 1 is 0.652 bits per heavy atom. The molecule has 0 spiro atoms. The number of nitrogens with zero attached hydrogens (tertiary/aromatic N) is 1. The quantitative estimate of drug-likeness (QED) is 0.453. The SMILES string of the molecule is [O]CCCCCCCCCCCN1C(=O)c2ccccc2C1=O. The molecule has 0 N–H and O–H groups in total. The lowest BCUT2D eigenvalue weighted by Crippen LogP contribution is -2.30. The Kier molecular flexibility index (Phi) is 7.27. The van der Waals surface area contributed by atoms with Gasteiger partial charge in [0, 0.05) is 6.54 Å². The van der Waals surface area contributed by atoms with E-state index in [2.05, 4.69) is 0 Å². The lowest BCUT2D eigenvalue weighted by Gasteiger charge is -2.13. The summed E-state index contributed by atoms with van der Waals surface area (Å²) < 4.78 is 0. The van der Waals surface area contributed by atoms with E-state index in [0.29, 0.717) is 17.7 Å². The summed E-state index contributed by atoms with van der Waals surface area (Å²) >= 11 is 0. The van der Waals surface area contributed by atoms with E-state index in [4.69, 9.17) is 0 Å². The van der Waals surface area contributed by atoms with Crippen molar-refractivity contribution in [2.45, 2.75) is 57.8 Å². The minimum atomic E-state index is -0.149. The number of hydrogen-bond acceptors (Lipinski definition) is 2. The Morgan fingerprint density at radius 3 is 1.57 bits per heavy atom. The first-order valence-electron chi connectivity index (χ1n) is 8.79. The van der Waals surface area contributed by atoms with E-state index in [1.807, 2.05) is 0 Å². The van der Waals surface area contributed by atoms with Gasteiger partial charge in [-0.1, -0.05) is 57.1 Å². The van der Waals surface area contributed by atoms with Crippen molar-refractivity contribution in [2.75, 3.05) is 13.2 Å². The van der Waals surface area contributed by atoms with E-state index < -0.39 is 0 Å². The molecule has 4 nitrogen and oxygen atoms in total. The number of unbranched alkanes of at least 4 members (excludes halogenated alkanes) is 8. The van der Waals surface area contributed by atoms with Crippen LogP contribution in [0.1, 0.15) is 78.5 Å². The molecule has 1 aliphatic heterocycles. The molecule has 0 unspecified atom stereocenters. The highest BCUT2D eigenvalue weighted by Crippen LogP contribution is 2.22. The van der Waals surface area contributed by atoms with Crippen LogP contribution in [0.3, 0.4) is 0 Å². The van der Waals surface area contributed by atoms with Crippen LogP contribution in [0, 0.1) is 0 Å². The highest BCUT2D eigenvalue weighted by molar-refractivity contribution is 6.21. The first-order chi connectivity index (χ1) is 11.3. The molecule has 0 bridgehead atoms. The highest BCUT2D eigenvalue weighted by Gasteiger charge is 2.34. The molecule has 2 amide bonds. The van der Waals surface area contributed by atoms with Gasteiger partial charge in [-0.15, -0.1) is 0 Å². The monoisotopic (exact) mass is 316 g/mol. The molecule has 1 aliphatic rings. The van der Waals surface area contributed by atoms with Gasteiger partial charge in [0.15, 0.2) is 0 Å². The fourth-order valence-electron chi connectivity index (χ4n) is 3.05. The maximum atomic E-state index is 12.2. The maximum Gasteiger partial charge on any atom is 0.261 e. The summed E-state index contributed by atoms with van der Waals surface area (Å²) in [7, 11) is 0. The average molecular weight is 316 g/mol. The number of fused-ring (bicyclic) bond motifs is 1. The smallest absolute Gasteiger partial charge is 0.261 e. The summed E-state index contributed by atoms with van der Waals surface area (Å²) in [5, 5.41) is 10.3. The summed E-state index contributed by atoms with van der Waals surface area (Å²) in [4.78, 5) is 25.7. The van der Waals surface area contributed by atoms with E-state index in [0.717, 1.165) is 38.5 Å². The molecule has 23 heavy (non-hydrogen) atoms. The fraction of sp³-hybridized carbons (Fsp3) is 0.579. The van der Waals surface area contributed by atoms with Gasteiger partial charge in [-0.25, -0.2) is 5.11 Å². The Morgan fingerprint density at radius 2 is 1.09 bits per heavy atom. The number of hydrogen-bond donors (Lipinski definition) is 0. The Labute approximate surface area is 138 Å². The minimum absolute atomic E-state index is 0.0534. The van der Waals surface area contributed by atoms with E-state index >= 15 is 0 Å². The number of carbonyl (C=O) groups excluding carboxylic acids is 2. The van der Waals surface area contributed by atoms with Gasteiger partial charge in [0.25, 0.3) is 11.8 Å². The van der Waals surface area contributed by atoms with E-state index in [1.54, 1.807) is 24.3 Å². The van der Waals surface area contributed by atoms with Gasteiger partial charge in [0.1, 0.15) is 0 Å². The van der Waals surface area contributed by atoms with Gasteiger partial charge in [-0.3, -0.25) is 14.5 Å². The maximum absolute atomic E-state index is 12.2. The van der Waals surface area contributed by atoms with Crippen molar-refractivity contribution >= 4 is 11.8 Å². The summed E-state index contributed by atoms with van der Waals surface area (Å²) in [5.41, 5.74) is 1.08. The minimum Gasteiger partial charge on any atom is -0.274 e. The Balaban J connectivity index is 1.57. The second-order valence-corrected chi connectivity index (χ2v) is 6.19. The van der Waals surface area contributed by atoms with Crippen LogP contribution in [-0.2, 0) is 5.11 Å². The molecule has 1 radical (unpaired) electrons. The Bertz CT molecular complexity index is 492. The molecule has 2 rings (SSSR count). The molecule has 1 heterocycles. The molecular formula is C19H26NO3. The molecule has 0 aliphatic carbocycles. The van der Waals surface area contributed by atoms with Crippen LogP contribution >= 0.6 is 0 Å². The molecule has 0 saturated heterocycles. The largest absolute Gasteiger partial charge is 0.274 e. The van der Waals surface area contributed by atoms with Crippen molar-refractivity contribution in [3.63, 3.8) is 0 Å². The zero-order valence-corrected chi connectivity index (χ0v) is 13.8. The van der Waals surface area contributed by atoms with Crippen LogP contribution in [0.4, 0.5) is 0 Å². The molecule has 1 aromatic carbocycles. The van der Waals surface area contributed by atoms with E-state index in [1.165, 1.54) is 24.2 Å². The summed E-state index contributed by atoms with van der Waals surface area (Å²) in [5.74, 6) is -0.298. The second kappa shape index (κ2) is 9.46. The second-order valence-electron chi connectivity index (χ2n) is 6.19. The molecule has 0 aromatic heterocycles. The van der Waals surface area contributed by atoms with Gasteiger partial charge in [-0.2, -0.15) is 0 Å². The molecule has 1 aromatic rings. The molecule has 0 fully saturated rings. The lowest BCUT2D eigenvalue weighted by atomic mass is 10.1. The molecule has 4 heteroatoms. The van der Waals surface area contributed by atoms with E-state index in [9.17, 15) is 14.7 Å². The lowest BCUT2D eigenvalue weighted by molar-refractivity contribution is 0.0651. The predicted octanol–water partition coefficient (Wildman–Crippen LogP) is 4.22. The number of imide groups is 1. The van der Waals surface area contributed by atoms with Crippen molar-refractivity contribution in [1.29, 1.82) is 0 Å². The van der Waals surface area contributed by atoms with Gasteiger partial charge >= 0.3 is 0 Å². The number of rotatable bonds is 11. The fourth-order valence-corrected chi connectivity index (χ4v) is 3.05. The molecule has 0 atom stereocenters. The van der Waals surface area contributed by atoms with Gasteiger partial charge in [-0.05, 0) is 25.0 Å². The normalized spacial score (nSPS) is 13.7. The van der Waals surface area contributed by atoms with Gasteiger partial charge in [0.2, 0.25) is 0 Å². The van der Waals surface area contributed by atoms with Crippen molar-refractivity contribution in [2.24, 2.45) is 0 Å². The number of benzene rings is 1. The van der Waals surface area contributed by atoms with Crippen molar-refractivity contribution < 1.29 is 14.7 Å². The van der Waals surface area contributed by atoms with Crippen LogP contribution in [0.2, 0.25) is 0 Å². The van der Waals surface area contributed by atoms with Crippen LogP contribution < -0.4 is 0 Å². The van der Waals surface area contributed by atoms with Gasteiger partial charge in [0.05, 0.1) is 17.7 Å². The zero-order valence-electron chi connectivity index (χ0n) is 13.8. The zero-order chi connectivity index (χ0) is 16.5. The van der Waals surface area contributed by atoms with Crippen molar-refractivity contribution in [3.8, 4) is 0 Å². The third-order valence-corrected chi connectivity index (χ3v) is 4.40.